The molecule has 0 aromatic heterocycles. The van der Waals surface area contributed by atoms with Crippen LogP contribution < -0.4 is 10.6 Å². The zero-order chi connectivity index (χ0) is 12.8. The summed E-state index contributed by atoms with van der Waals surface area (Å²) >= 11 is 0. The molecule has 0 spiro atoms. The van der Waals surface area contributed by atoms with E-state index in [4.69, 9.17) is 0 Å². The monoisotopic (exact) mass is 242 g/mol. The summed E-state index contributed by atoms with van der Waals surface area (Å²) in [4.78, 5) is 23.0. The van der Waals surface area contributed by atoms with Crippen molar-refractivity contribution in [2.24, 2.45) is 11.8 Å². The highest BCUT2D eigenvalue weighted by molar-refractivity contribution is 5.85. The highest BCUT2D eigenvalue weighted by atomic mass is 16.5. The highest BCUT2D eigenvalue weighted by Gasteiger charge is 2.25. The third kappa shape index (κ3) is 5.17. The van der Waals surface area contributed by atoms with Gasteiger partial charge < -0.3 is 15.4 Å². The van der Waals surface area contributed by atoms with E-state index in [0.717, 1.165) is 12.5 Å². The lowest BCUT2D eigenvalue weighted by Gasteiger charge is -2.19. The number of nitrogens with one attached hydrogen (secondary N) is 2. The van der Waals surface area contributed by atoms with Crippen molar-refractivity contribution < 1.29 is 14.3 Å². The van der Waals surface area contributed by atoms with Crippen LogP contribution in [0.5, 0.6) is 0 Å². The molecule has 0 aromatic carbocycles. The molecule has 0 aromatic rings. The van der Waals surface area contributed by atoms with Gasteiger partial charge in [0.1, 0.15) is 6.04 Å². The van der Waals surface area contributed by atoms with Crippen molar-refractivity contribution >= 4 is 11.9 Å². The Kier molecular flexibility index (Phi) is 5.41. The molecule has 5 heteroatoms. The van der Waals surface area contributed by atoms with E-state index >= 15 is 0 Å². The van der Waals surface area contributed by atoms with Gasteiger partial charge in [-0.25, -0.2) is 4.79 Å². The van der Waals surface area contributed by atoms with E-state index in [1.807, 2.05) is 13.8 Å². The summed E-state index contributed by atoms with van der Waals surface area (Å²) in [7, 11) is 1.33. The molecule has 0 radical (unpaired) electrons. The van der Waals surface area contributed by atoms with Crippen molar-refractivity contribution in [2.45, 2.75) is 32.7 Å². The van der Waals surface area contributed by atoms with Crippen molar-refractivity contribution in [3.63, 3.8) is 0 Å². The first-order valence-electron chi connectivity index (χ1n) is 6.12. The number of hydrogen-bond acceptors (Lipinski definition) is 4. The fraction of sp³-hybridized carbons (Fsp3) is 0.833. The SMILES string of the molecule is COC(=O)[C@@H](NC(=O)CNCC1CC1)C(C)C. The molecule has 1 saturated carbocycles. The average molecular weight is 242 g/mol. The minimum absolute atomic E-state index is 0.0230. The van der Waals surface area contributed by atoms with Gasteiger partial charge in [-0.2, -0.15) is 0 Å². The molecule has 1 fully saturated rings. The van der Waals surface area contributed by atoms with Crippen LogP contribution in [0.1, 0.15) is 26.7 Å². The van der Waals surface area contributed by atoms with E-state index in [0.29, 0.717) is 0 Å². The van der Waals surface area contributed by atoms with Crippen molar-refractivity contribution in [1.29, 1.82) is 0 Å². The van der Waals surface area contributed by atoms with Crippen LogP contribution in [-0.4, -0.2) is 38.1 Å². The summed E-state index contributed by atoms with van der Waals surface area (Å²) in [5.41, 5.74) is 0. The number of carbonyl (C=O) groups excluding carboxylic acids is 2. The number of ether oxygens (including phenoxy) is 1. The Hall–Kier alpha value is -1.10. The molecule has 1 atom stereocenters. The van der Waals surface area contributed by atoms with Gasteiger partial charge in [-0.15, -0.1) is 0 Å². The van der Waals surface area contributed by atoms with E-state index < -0.39 is 12.0 Å². The zero-order valence-electron chi connectivity index (χ0n) is 10.8. The number of amides is 1. The lowest BCUT2D eigenvalue weighted by atomic mass is 10.0. The van der Waals surface area contributed by atoms with Crippen LogP contribution in [0.2, 0.25) is 0 Å². The number of esters is 1. The standard InChI is InChI=1S/C12H22N2O3/c1-8(2)11(12(16)17-3)14-10(15)7-13-6-9-4-5-9/h8-9,11,13H,4-7H2,1-3H3,(H,14,15)/t11-/m0/s1. The summed E-state index contributed by atoms with van der Waals surface area (Å²) < 4.78 is 4.65. The van der Waals surface area contributed by atoms with E-state index in [1.165, 1.54) is 20.0 Å². The second-order valence-corrected chi connectivity index (χ2v) is 4.89. The van der Waals surface area contributed by atoms with Gasteiger partial charge in [0.25, 0.3) is 0 Å². The highest BCUT2D eigenvalue weighted by Crippen LogP contribution is 2.27. The van der Waals surface area contributed by atoms with Gasteiger partial charge in [-0.05, 0) is 31.2 Å². The number of methoxy groups -OCH3 is 1. The Balaban J connectivity index is 2.26. The average Bonchev–Trinajstić information content (AvgIpc) is 3.08. The maximum Gasteiger partial charge on any atom is 0.328 e. The van der Waals surface area contributed by atoms with Gasteiger partial charge in [0, 0.05) is 0 Å². The van der Waals surface area contributed by atoms with Crippen molar-refractivity contribution in [3.8, 4) is 0 Å². The predicted molar refractivity (Wildman–Crippen MR) is 64.4 cm³/mol. The van der Waals surface area contributed by atoms with E-state index in [1.54, 1.807) is 0 Å². The molecule has 0 unspecified atom stereocenters. The summed E-state index contributed by atoms with van der Waals surface area (Å²) in [5, 5.41) is 5.77. The molecule has 5 nitrogen and oxygen atoms in total. The number of rotatable bonds is 7. The molecule has 1 rings (SSSR count). The summed E-state index contributed by atoms with van der Waals surface area (Å²) in [6, 6.07) is -0.560. The molecular weight excluding hydrogens is 220 g/mol. The molecular formula is C12H22N2O3. The first kappa shape index (κ1) is 14.0. The molecule has 1 amide bonds. The van der Waals surface area contributed by atoms with Gasteiger partial charge >= 0.3 is 5.97 Å². The second kappa shape index (κ2) is 6.59. The maximum atomic E-state index is 11.6. The fourth-order valence-corrected chi connectivity index (χ4v) is 1.56. The molecule has 0 aliphatic heterocycles. The van der Waals surface area contributed by atoms with Crippen LogP contribution in [0.3, 0.4) is 0 Å². The zero-order valence-corrected chi connectivity index (χ0v) is 10.8. The minimum Gasteiger partial charge on any atom is -0.467 e. The minimum atomic E-state index is -0.560. The van der Waals surface area contributed by atoms with Gasteiger partial charge in [0.05, 0.1) is 13.7 Å². The van der Waals surface area contributed by atoms with Crippen LogP contribution in [0.15, 0.2) is 0 Å². The molecule has 2 N–H and O–H groups in total. The smallest absolute Gasteiger partial charge is 0.328 e. The predicted octanol–water partition coefficient (Wildman–Crippen LogP) is 0.300. The van der Waals surface area contributed by atoms with Crippen molar-refractivity contribution in [2.75, 3.05) is 20.2 Å². The van der Waals surface area contributed by atoms with Crippen molar-refractivity contribution in [1.82, 2.24) is 10.6 Å². The van der Waals surface area contributed by atoms with E-state index in [-0.39, 0.29) is 18.4 Å². The Bertz CT molecular complexity index is 275. The molecule has 17 heavy (non-hydrogen) atoms. The topological polar surface area (TPSA) is 67.4 Å². The molecule has 98 valence electrons. The van der Waals surface area contributed by atoms with Gasteiger partial charge in [0.2, 0.25) is 5.91 Å². The van der Waals surface area contributed by atoms with Gasteiger partial charge in [0.15, 0.2) is 0 Å². The third-order valence-corrected chi connectivity index (χ3v) is 2.85. The Morgan fingerprint density at radius 1 is 1.35 bits per heavy atom. The lowest BCUT2D eigenvalue weighted by molar-refractivity contribution is -0.146. The Morgan fingerprint density at radius 2 is 2.00 bits per heavy atom. The van der Waals surface area contributed by atoms with Crippen LogP contribution in [-0.2, 0) is 14.3 Å². The molecule has 1 aliphatic carbocycles. The fourth-order valence-electron chi connectivity index (χ4n) is 1.56. The van der Waals surface area contributed by atoms with E-state index in [9.17, 15) is 9.59 Å². The molecule has 0 bridgehead atoms. The first-order valence-corrected chi connectivity index (χ1v) is 6.12. The number of hydrogen-bond donors (Lipinski definition) is 2. The maximum absolute atomic E-state index is 11.6. The normalized spacial score (nSPS) is 16.7. The Morgan fingerprint density at radius 3 is 2.47 bits per heavy atom. The third-order valence-electron chi connectivity index (χ3n) is 2.85. The van der Waals surface area contributed by atoms with Gasteiger partial charge in [-0.1, -0.05) is 13.8 Å². The molecule has 0 saturated heterocycles. The van der Waals surface area contributed by atoms with E-state index in [2.05, 4.69) is 15.4 Å². The largest absolute Gasteiger partial charge is 0.467 e. The van der Waals surface area contributed by atoms with Crippen LogP contribution >= 0.6 is 0 Å². The van der Waals surface area contributed by atoms with Crippen LogP contribution in [0.25, 0.3) is 0 Å². The molecule has 0 heterocycles. The first-order chi connectivity index (χ1) is 8.04. The Labute approximate surface area is 102 Å². The van der Waals surface area contributed by atoms with Crippen molar-refractivity contribution in [3.05, 3.63) is 0 Å². The second-order valence-electron chi connectivity index (χ2n) is 4.89. The molecule has 1 aliphatic rings. The van der Waals surface area contributed by atoms with Gasteiger partial charge in [-0.3, -0.25) is 4.79 Å². The van der Waals surface area contributed by atoms with Crippen LogP contribution in [0.4, 0.5) is 0 Å². The van der Waals surface area contributed by atoms with Crippen LogP contribution in [0, 0.1) is 11.8 Å². The summed E-state index contributed by atoms with van der Waals surface area (Å²) in [6.07, 6.45) is 2.51. The lowest BCUT2D eigenvalue weighted by Crippen LogP contribution is -2.48. The summed E-state index contributed by atoms with van der Waals surface area (Å²) in [6.45, 7) is 4.90. The summed E-state index contributed by atoms with van der Waals surface area (Å²) in [5.74, 6) is 0.212. The quantitative estimate of drug-likeness (QED) is 0.630. The number of carbonyl (C=O) groups is 2.